The van der Waals surface area contributed by atoms with Crippen LogP contribution in [0.2, 0.25) is 0 Å². The quantitative estimate of drug-likeness (QED) is 0.709. The minimum Gasteiger partial charge on any atom is -0.486 e. The molecule has 1 heterocycles. The Balaban J connectivity index is 1.92. The number of β-amino-alcohol motifs (C(OH)–C–C–N with tert-alkyl or cyclic N) is 1. The first kappa shape index (κ1) is 21.7. The zero-order chi connectivity index (χ0) is 22.1. The lowest BCUT2D eigenvalue weighted by atomic mass is 10.0. The maximum absolute atomic E-state index is 13.9. The van der Waals surface area contributed by atoms with Gasteiger partial charge in [0.25, 0.3) is 0 Å². The van der Waals surface area contributed by atoms with E-state index in [0.717, 1.165) is 15.9 Å². The molecule has 0 radical (unpaired) electrons. The molecule has 1 aliphatic heterocycles. The van der Waals surface area contributed by atoms with E-state index < -0.39 is 40.7 Å². The second-order valence-corrected chi connectivity index (χ2v) is 8.88. The van der Waals surface area contributed by atoms with Crippen LogP contribution in [0, 0.1) is 25.9 Å². The molecule has 8 nitrogen and oxygen atoms in total. The van der Waals surface area contributed by atoms with Gasteiger partial charge in [0.1, 0.15) is 23.3 Å². The number of rotatable bonds is 5. The number of ether oxygens (including phenoxy) is 1. The summed E-state index contributed by atoms with van der Waals surface area (Å²) < 4.78 is 46.6. The molecule has 3 rings (SSSR count). The van der Waals surface area contributed by atoms with Gasteiger partial charge in [-0.05, 0) is 19.1 Å². The van der Waals surface area contributed by atoms with Crippen molar-refractivity contribution in [2.45, 2.75) is 23.5 Å². The van der Waals surface area contributed by atoms with Gasteiger partial charge in [0.2, 0.25) is 21.4 Å². The Morgan fingerprint density at radius 2 is 1.93 bits per heavy atom. The summed E-state index contributed by atoms with van der Waals surface area (Å²) >= 11 is 0. The third-order valence-corrected chi connectivity index (χ3v) is 6.72. The second-order valence-electron chi connectivity index (χ2n) is 6.97. The first-order chi connectivity index (χ1) is 14.1. The van der Waals surface area contributed by atoms with Crippen molar-refractivity contribution in [1.82, 2.24) is 4.31 Å². The van der Waals surface area contributed by atoms with Crippen molar-refractivity contribution >= 4 is 21.4 Å². The van der Waals surface area contributed by atoms with Crippen molar-refractivity contribution < 1.29 is 27.8 Å². The maximum Gasteiger partial charge on any atom is 0.233 e. The Kier molecular flexibility index (Phi) is 5.79. The zero-order valence-corrected chi connectivity index (χ0v) is 16.7. The predicted octanol–water partition coefficient (Wildman–Crippen LogP) is 2.41. The van der Waals surface area contributed by atoms with Crippen LogP contribution in [0.5, 0.6) is 5.75 Å². The Morgan fingerprint density at radius 1 is 1.23 bits per heavy atom. The second kappa shape index (κ2) is 8.01. The summed E-state index contributed by atoms with van der Waals surface area (Å²) in [7, 11) is -4.17. The van der Waals surface area contributed by atoms with Crippen LogP contribution in [0.3, 0.4) is 0 Å². The predicted molar refractivity (Wildman–Crippen MR) is 105 cm³/mol. The summed E-state index contributed by atoms with van der Waals surface area (Å²) in [5.41, 5.74) is -1.48. The number of nitrogens with zero attached hydrogens (tertiary/aromatic N) is 3. The molecular formula is C20H18FN3O5S. The molecule has 0 unspecified atom stereocenters. The van der Waals surface area contributed by atoms with E-state index >= 15 is 0 Å². The van der Waals surface area contributed by atoms with E-state index in [9.17, 15) is 23.0 Å². The van der Waals surface area contributed by atoms with Crippen LogP contribution in [0.15, 0.2) is 41.3 Å². The zero-order valence-electron chi connectivity index (χ0n) is 15.9. The molecule has 156 valence electrons. The van der Waals surface area contributed by atoms with Gasteiger partial charge in [0, 0.05) is 12.6 Å². The average molecular weight is 431 g/mol. The van der Waals surface area contributed by atoms with E-state index in [1.54, 1.807) is 13.0 Å². The molecule has 1 aliphatic rings. The van der Waals surface area contributed by atoms with Gasteiger partial charge < -0.3 is 14.9 Å². The molecule has 0 aromatic heterocycles. The molecule has 10 heteroatoms. The average Bonchev–Trinajstić information content (AvgIpc) is 3.05. The highest BCUT2D eigenvalue weighted by atomic mass is 32.2. The summed E-state index contributed by atoms with van der Waals surface area (Å²) in [6, 6.07) is 7.81. The smallest absolute Gasteiger partial charge is 0.233 e. The molecule has 0 bridgehead atoms. The largest absolute Gasteiger partial charge is 0.486 e. The number of hydrogen-bond donors (Lipinski definition) is 2. The van der Waals surface area contributed by atoms with Crippen molar-refractivity contribution in [2.24, 2.45) is 0 Å². The third kappa shape index (κ3) is 3.86. The molecule has 30 heavy (non-hydrogen) atoms. The minimum atomic E-state index is -4.17. The molecule has 2 aromatic carbocycles. The first-order valence-corrected chi connectivity index (χ1v) is 10.2. The standard InChI is InChI=1S/C20H18FN3O5S/c1-13-4-7-18(17(8-13)23-3)30(27,28)24-10-19(20(26,11-24)12-25)29-14-5-6-16(22-2)15(21)9-14/h4-9,19,25-26H,10-12H2,1H3/t19-,20+/m0/s1. The SMILES string of the molecule is [C-]#[N+]c1ccc(O[C@H]2CN(S(=O)(=O)c3ccc(C)cc3[N+]#[C-])C[C@@]2(O)CO)cc1F. The van der Waals surface area contributed by atoms with Gasteiger partial charge in [-0.25, -0.2) is 22.5 Å². The highest BCUT2D eigenvalue weighted by Crippen LogP contribution is 2.35. The molecule has 2 atom stereocenters. The normalized spacial score (nSPS) is 21.7. The van der Waals surface area contributed by atoms with Crippen molar-refractivity contribution in [3.05, 3.63) is 70.6 Å². The molecular weight excluding hydrogens is 413 g/mol. The fourth-order valence-corrected chi connectivity index (χ4v) is 4.81. The highest BCUT2D eigenvalue weighted by Gasteiger charge is 2.51. The summed E-state index contributed by atoms with van der Waals surface area (Å²) in [5.74, 6) is -0.841. The van der Waals surface area contributed by atoms with Crippen LogP contribution in [0.4, 0.5) is 15.8 Å². The van der Waals surface area contributed by atoms with E-state index in [-0.39, 0.29) is 28.6 Å². The van der Waals surface area contributed by atoms with Crippen LogP contribution in [0.25, 0.3) is 9.69 Å². The summed E-state index contributed by atoms with van der Waals surface area (Å²) in [4.78, 5) is 6.07. The Hall–Kier alpha value is -3.02. The fraction of sp³-hybridized carbons (Fsp3) is 0.300. The van der Waals surface area contributed by atoms with Gasteiger partial charge in [-0.3, -0.25) is 0 Å². The fourth-order valence-electron chi connectivity index (χ4n) is 3.20. The van der Waals surface area contributed by atoms with Crippen molar-refractivity contribution in [3.63, 3.8) is 0 Å². The Morgan fingerprint density at radius 3 is 2.53 bits per heavy atom. The topological polar surface area (TPSA) is 95.8 Å². The number of aliphatic hydroxyl groups excluding tert-OH is 1. The number of sulfonamides is 1. The van der Waals surface area contributed by atoms with Crippen LogP contribution >= 0.6 is 0 Å². The van der Waals surface area contributed by atoms with Gasteiger partial charge in [0.05, 0.1) is 31.2 Å². The van der Waals surface area contributed by atoms with Crippen LogP contribution in [0.1, 0.15) is 5.56 Å². The molecule has 0 aliphatic carbocycles. The molecule has 1 fully saturated rings. The lowest BCUT2D eigenvalue weighted by Crippen LogP contribution is -2.48. The summed E-state index contributed by atoms with van der Waals surface area (Å²) in [6.45, 7) is 14.3. The maximum atomic E-state index is 13.9. The van der Waals surface area contributed by atoms with Crippen LogP contribution in [-0.4, -0.2) is 54.3 Å². The lowest BCUT2D eigenvalue weighted by Gasteiger charge is -2.27. The molecule has 0 saturated carbocycles. The molecule has 0 spiro atoms. The Labute approximate surface area is 173 Å². The van der Waals surface area contributed by atoms with Gasteiger partial charge in [-0.2, -0.15) is 4.31 Å². The van der Waals surface area contributed by atoms with Crippen molar-refractivity contribution in [2.75, 3.05) is 19.7 Å². The van der Waals surface area contributed by atoms with E-state index in [1.807, 2.05) is 0 Å². The molecule has 2 aromatic rings. The highest BCUT2D eigenvalue weighted by molar-refractivity contribution is 7.89. The van der Waals surface area contributed by atoms with Gasteiger partial charge in [-0.15, -0.1) is 0 Å². The lowest BCUT2D eigenvalue weighted by molar-refractivity contribution is -0.0641. The molecule has 0 amide bonds. The Bertz CT molecular complexity index is 1170. The van der Waals surface area contributed by atoms with E-state index in [1.165, 1.54) is 24.3 Å². The van der Waals surface area contributed by atoms with E-state index in [2.05, 4.69) is 9.69 Å². The number of benzene rings is 2. The molecule has 1 saturated heterocycles. The van der Waals surface area contributed by atoms with Crippen LogP contribution in [-0.2, 0) is 10.0 Å². The third-order valence-electron chi connectivity index (χ3n) is 4.86. The van der Waals surface area contributed by atoms with Crippen molar-refractivity contribution in [1.29, 1.82) is 0 Å². The number of aryl methyl sites for hydroxylation is 1. The van der Waals surface area contributed by atoms with Crippen molar-refractivity contribution in [3.8, 4) is 5.75 Å². The summed E-state index contributed by atoms with van der Waals surface area (Å²) in [5, 5.41) is 20.4. The van der Waals surface area contributed by atoms with Gasteiger partial charge >= 0.3 is 0 Å². The first-order valence-electron chi connectivity index (χ1n) is 8.80. The van der Waals surface area contributed by atoms with E-state index in [4.69, 9.17) is 17.9 Å². The minimum absolute atomic E-state index is 0.0202. The van der Waals surface area contributed by atoms with Crippen LogP contribution < -0.4 is 4.74 Å². The molecule has 2 N–H and O–H groups in total. The van der Waals surface area contributed by atoms with E-state index in [0.29, 0.717) is 0 Å². The number of hydrogen-bond acceptors (Lipinski definition) is 5. The van der Waals surface area contributed by atoms with Gasteiger partial charge in [-0.1, -0.05) is 23.8 Å². The monoisotopic (exact) mass is 431 g/mol. The summed E-state index contributed by atoms with van der Waals surface area (Å²) in [6.07, 6.45) is -1.20. The number of halogens is 1. The van der Waals surface area contributed by atoms with Gasteiger partial charge in [0.15, 0.2) is 0 Å². The number of aliphatic hydroxyl groups is 2.